The molecule has 7 saturated carbocycles. The summed E-state index contributed by atoms with van der Waals surface area (Å²) in [4.78, 5) is 86.7. The fraction of sp³-hybridized carbons (Fsp3) is 0.911. The lowest BCUT2D eigenvalue weighted by Gasteiger charge is -2.33. The Morgan fingerprint density at radius 2 is 0.524 bits per heavy atom. The van der Waals surface area contributed by atoms with Gasteiger partial charge in [-0.15, -0.1) is 0 Å². The molecule has 7 aliphatic carbocycles. The number of unbranched alkanes of at least 4 members (excludes halogenated alkanes) is 3. The van der Waals surface area contributed by atoms with E-state index in [4.69, 9.17) is 90.0 Å². The molecule has 594 valence electrons. The highest BCUT2D eigenvalue weighted by Crippen LogP contribution is 2.46. The third kappa shape index (κ3) is 25.2. The van der Waals surface area contributed by atoms with Gasteiger partial charge < -0.3 is 90.0 Å². The highest BCUT2D eigenvalue weighted by atomic mass is 16.6. The van der Waals surface area contributed by atoms with Gasteiger partial charge in [0.15, 0.2) is 0 Å². The lowest BCUT2D eigenvalue weighted by molar-refractivity contribution is -0.162. The van der Waals surface area contributed by atoms with Gasteiger partial charge in [-0.05, 0) is 208 Å². The average Bonchev–Trinajstić information content (AvgIpc) is 1.68. The van der Waals surface area contributed by atoms with E-state index in [0.29, 0.717) is 108 Å². The summed E-state index contributed by atoms with van der Waals surface area (Å²) in [7, 11) is 0. The summed E-state index contributed by atoms with van der Waals surface area (Å²) in [6, 6.07) is 0. The van der Waals surface area contributed by atoms with Crippen molar-refractivity contribution in [1.29, 1.82) is 0 Å². The molecule has 105 heavy (non-hydrogen) atoms. The van der Waals surface area contributed by atoms with Gasteiger partial charge in [0.25, 0.3) is 0 Å². The van der Waals surface area contributed by atoms with Gasteiger partial charge in [-0.1, -0.05) is 6.92 Å². The lowest BCUT2D eigenvalue weighted by atomic mass is 9.88. The maximum atomic E-state index is 12.7. The fourth-order valence-corrected chi connectivity index (χ4v) is 16.5. The summed E-state index contributed by atoms with van der Waals surface area (Å²) < 4.78 is 107. The molecule has 7 aliphatic heterocycles. The van der Waals surface area contributed by atoms with E-state index in [1.54, 1.807) is 0 Å². The third-order valence-electron chi connectivity index (χ3n) is 23.9. The topological polar surface area (TPSA) is 318 Å². The van der Waals surface area contributed by atoms with Crippen molar-refractivity contribution in [3.8, 4) is 0 Å². The second kappa shape index (κ2) is 38.2. The van der Waals surface area contributed by atoms with Gasteiger partial charge in [0.1, 0.15) is 31.0 Å². The SMILES string of the molecule is CC(COC(=O)C1CCC2OC2C1)OCC(C)OCC(C)OC(=O)C1CCC2OC2C1.CCC(COCC(C)OC(=O)C1CCC2OC2C1)(COCC(C)OC(=O)C1CCC2OC2C1)COCC(C)OC(=O)C1CCC2OC2C1.O=C(OCCCCCCOC(=O)C1CCC2OC2C1)C1CCC2OC2C1. The van der Waals surface area contributed by atoms with Crippen molar-refractivity contribution in [1.82, 2.24) is 0 Å². The van der Waals surface area contributed by atoms with Crippen molar-refractivity contribution < 1.29 is 124 Å². The van der Waals surface area contributed by atoms with E-state index in [-0.39, 0.29) is 158 Å². The van der Waals surface area contributed by atoms with E-state index in [1.807, 2.05) is 41.5 Å². The predicted octanol–water partition coefficient (Wildman–Crippen LogP) is 9.10. The second-order valence-electron chi connectivity index (χ2n) is 33.1. The van der Waals surface area contributed by atoms with Crippen LogP contribution in [0.25, 0.3) is 0 Å². The third-order valence-corrected chi connectivity index (χ3v) is 23.9. The number of carbonyl (C=O) groups is 7. The van der Waals surface area contributed by atoms with Crippen LogP contribution in [0, 0.1) is 46.8 Å². The van der Waals surface area contributed by atoms with Crippen LogP contribution in [0.4, 0.5) is 0 Å². The number of epoxide rings is 7. The van der Waals surface area contributed by atoms with E-state index in [1.165, 1.54) is 0 Å². The predicted molar refractivity (Wildman–Crippen MR) is 372 cm³/mol. The first-order valence-electron chi connectivity index (χ1n) is 40.6. The van der Waals surface area contributed by atoms with Gasteiger partial charge >= 0.3 is 41.8 Å². The average molecular weight is 1490 g/mol. The Kier molecular flexibility index (Phi) is 29.2. The molecule has 26 heteroatoms. The summed E-state index contributed by atoms with van der Waals surface area (Å²) in [5.74, 6) is -1.33. The molecule has 14 rings (SSSR count). The number of hydrogen-bond acceptors (Lipinski definition) is 26. The minimum atomic E-state index is -0.526. The Labute approximate surface area is 619 Å². The number of ether oxygens (including phenoxy) is 19. The number of esters is 7. The molecule has 0 amide bonds. The number of hydrogen-bond donors (Lipinski definition) is 0. The zero-order valence-electron chi connectivity index (χ0n) is 63.4. The van der Waals surface area contributed by atoms with Crippen LogP contribution in [-0.4, -0.2) is 237 Å². The van der Waals surface area contributed by atoms with E-state index in [2.05, 4.69) is 6.92 Å². The quantitative estimate of drug-likeness (QED) is 0.0239. The highest BCUT2D eigenvalue weighted by Gasteiger charge is 2.52. The molecule has 0 spiro atoms. The molecule has 26 nitrogen and oxygen atoms in total. The Morgan fingerprint density at radius 3 is 0.790 bits per heavy atom. The standard InChI is InChI=1S/C36H56O12.C23H36O8.C20H30O6/c1-5-36(18-40-15-21(2)43-33(37)24-6-9-27-30(12-24)46-27,19-41-16-22(3)44-34(38)25-7-10-28-31(13-25)47-28)20-42-17-23(4)45-35(39)26-8-11-29-32(14-26)48-29;1-13(27-12-15(3)29-23(25)17-5-7-19-21(9-17)31-19)10-26-14(2)11-28-22(24)16-4-6-18-20(8-16)30-18;21-19(13-5-7-15-17(11-13)25-15)23-9-3-1-2-4-10-24-20(22)14-6-8-16-18(12-14)26-16/h21-32H,5-20H2,1-4H3;13-21H,4-12H2,1-3H3;13-18H,1-12H2. The smallest absolute Gasteiger partial charge is 0.309 e. The molecule has 0 aromatic rings. The van der Waals surface area contributed by atoms with Gasteiger partial charge in [-0.25, -0.2) is 0 Å². The molecule has 0 N–H and O–H groups in total. The minimum absolute atomic E-state index is 0.0364. The maximum absolute atomic E-state index is 12.7. The Morgan fingerprint density at radius 1 is 0.286 bits per heavy atom. The first-order chi connectivity index (χ1) is 50.7. The van der Waals surface area contributed by atoms with Crippen LogP contribution in [0.15, 0.2) is 0 Å². The summed E-state index contributed by atoms with van der Waals surface area (Å²) in [6.45, 7) is 16.8. The highest BCUT2D eigenvalue weighted by molar-refractivity contribution is 5.75. The number of fused-ring (bicyclic) bond motifs is 7. The molecular weight excluding hydrogens is 1360 g/mol. The Balaban J connectivity index is 0.000000157. The maximum Gasteiger partial charge on any atom is 0.309 e. The van der Waals surface area contributed by atoms with Crippen LogP contribution in [-0.2, 0) is 124 Å². The molecule has 14 aliphatic rings. The Bertz CT molecular complexity index is 2660. The van der Waals surface area contributed by atoms with Crippen molar-refractivity contribution >= 4 is 41.8 Å². The minimum Gasteiger partial charge on any atom is -0.465 e. The molecule has 7 saturated heterocycles. The van der Waals surface area contributed by atoms with Crippen molar-refractivity contribution in [2.24, 2.45) is 46.8 Å². The van der Waals surface area contributed by atoms with Gasteiger partial charge in [0.2, 0.25) is 0 Å². The zero-order valence-corrected chi connectivity index (χ0v) is 63.4. The molecule has 27 unspecified atom stereocenters. The summed E-state index contributed by atoms with van der Waals surface area (Å²) in [6.07, 6.45) is 24.9. The van der Waals surface area contributed by atoms with Gasteiger partial charge in [0, 0.05) is 5.41 Å². The second-order valence-corrected chi connectivity index (χ2v) is 33.1. The van der Waals surface area contributed by atoms with Gasteiger partial charge in [-0.2, -0.15) is 0 Å². The van der Waals surface area contributed by atoms with Crippen LogP contribution < -0.4 is 0 Å². The molecule has 7 heterocycles. The zero-order chi connectivity index (χ0) is 73.7. The molecular formula is C79H122O26. The van der Waals surface area contributed by atoms with E-state index >= 15 is 0 Å². The number of rotatable bonds is 39. The first-order valence-corrected chi connectivity index (χ1v) is 40.6. The van der Waals surface area contributed by atoms with E-state index < -0.39 is 23.7 Å². The summed E-state index contributed by atoms with van der Waals surface area (Å²) >= 11 is 0. The molecule has 0 bridgehead atoms. The van der Waals surface area contributed by atoms with E-state index in [9.17, 15) is 33.6 Å². The number of carbonyl (C=O) groups excluding carboxylic acids is 7. The van der Waals surface area contributed by atoms with Crippen LogP contribution in [0.2, 0.25) is 0 Å². The van der Waals surface area contributed by atoms with Crippen molar-refractivity contribution in [3.63, 3.8) is 0 Å². The Hall–Kier alpha value is -4.19. The molecule has 27 atom stereocenters. The van der Waals surface area contributed by atoms with Crippen LogP contribution in [0.1, 0.15) is 215 Å². The molecule has 0 aromatic heterocycles. The summed E-state index contributed by atoms with van der Waals surface area (Å²) in [5, 5.41) is 0. The normalized spacial score (nSPS) is 36.5. The molecule has 14 fully saturated rings. The first kappa shape index (κ1) is 80.3. The molecule has 0 radical (unpaired) electrons. The van der Waals surface area contributed by atoms with Crippen molar-refractivity contribution in [2.45, 2.75) is 337 Å². The lowest BCUT2D eigenvalue weighted by Crippen LogP contribution is -2.40. The van der Waals surface area contributed by atoms with Gasteiger partial charge in [-0.3, -0.25) is 33.6 Å². The molecule has 0 aromatic carbocycles. The monoisotopic (exact) mass is 1490 g/mol. The van der Waals surface area contributed by atoms with E-state index in [0.717, 1.165) is 161 Å². The van der Waals surface area contributed by atoms with Crippen LogP contribution in [0.3, 0.4) is 0 Å². The van der Waals surface area contributed by atoms with Gasteiger partial charge in [0.05, 0.1) is 205 Å². The van der Waals surface area contributed by atoms with Crippen molar-refractivity contribution in [3.05, 3.63) is 0 Å². The largest absolute Gasteiger partial charge is 0.465 e. The van der Waals surface area contributed by atoms with Crippen LogP contribution >= 0.6 is 0 Å². The van der Waals surface area contributed by atoms with Crippen molar-refractivity contribution in [2.75, 3.05) is 72.7 Å². The van der Waals surface area contributed by atoms with Crippen LogP contribution in [0.5, 0.6) is 0 Å². The summed E-state index contributed by atoms with van der Waals surface area (Å²) in [5.41, 5.74) is -0.526. The fourth-order valence-electron chi connectivity index (χ4n) is 16.5.